The van der Waals surface area contributed by atoms with Crippen molar-refractivity contribution < 1.29 is 9.53 Å². The Morgan fingerprint density at radius 1 is 1.47 bits per heavy atom. The number of carbonyl (C=O) groups excluding carboxylic acids is 1. The van der Waals surface area contributed by atoms with Crippen LogP contribution in [0.2, 0.25) is 4.34 Å². The van der Waals surface area contributed by atoms with E-state index in [4.69, 9.17) is 11.6 Å². The van der Waals surface area contributed by atoms with Crippen LogP contribution in [-0.2, 0) is 4.74 Å². The topological polar surface area (TPSA) is 64.1 Å². The highest BCUT2D eigenvalue weighted by Gasteiger charge is 2.12. The first-order valence-corrected chi connectivity index (χ1v) is 6.71. The highest BCUT2D eigenvalue weighted by atomic mass is 35.5. The Hall–Kier alpha value is -1.66. The van der Waals surface area contributed by atoms with Gasteiger partial charge in [0.05, 0.1) is 29.9 Å². The third kappa shape index (κ3) is 3.42. The molecule has 5 nitrogen and oxygen atoms in total. The number of halogens is 1. The van der Waals surface area contributed by atoms with Crippen LogP contribution in [0.25, 0.3) is 0 Å². The van der Waals surface area contributed by atoms with E-state index in [2.05, 4.69) is 20.0 Å². The van der Waals surface area contributed by atoms with Crippen molar-refractivity contribution in [3.63, 3.8) is 0 Å². The lowest BCUT2D eigenvalue weighted by Gasteiger charge is -2.12. The van der Waals surface area contributed by atoms with Crippen LogP contribution < -0.4 is 5.32 Å². The lowest BCUT2D eigenvalue weighted by Crippen LogP contribution is -2.10. The number of anilines is 1. The molecule has 0 fully saturated rings. The quantitative estimate of drug-likeness (QED) is 0.878. The van der Waals surface area contributed by atoms with E-state index in [0.717, 1.165) is 9.21 Å². The number of ether oxygens (including phenoxy) is 1. The fraction of sp³-hybridized carbons (Fsp3) is 0.250. The van der Waals surface area contributed by atoms with Gasteiger partial charge in [-0.3, -0.25) is 4.98 Å². The van der Waals surface area contributed by atoms with Crippen LogP contribution in [-0.4, -0.2) is 23.0 Å². The SMILES string of the molecule is COC(=O)c1cncc(NC(C)c2ccc(Cl)s2)n1. The standard InChI is InChI=1S/C12H12ClN3O2S/c1-7(9-3-4-10(13)19-9)15-11-6-14-5-8(16-11)12(17)18-2/h3-7H,1-2H3,(H,15,16). The Balaban J connectivity index is 2.12. The number of esters is 1. The molecule has 100 valence electrons. The van der Waals surface area contributed by atoms with Crippen molar-refractivity contribution in [2.45, 2.75) is 13.0 Å². The number of carbonyl (C=O) groups is 1. The maximum absolute atomic E-state index is 11.4. The van der Waals surface area contributed by atoms with Gasteiger partial charge in [-0.1, -0.05) is 11.6 Å². The number of hydrogen-bond acceptors (Lipinski definition) is 6. The van der Waals surface area contributed by atoms with Crippen LogP contribution in [0.15, 0.2) is 24.5 Å². The molecule has 0 aromatic carbocycles. The monoisotopic (exact) mass is 297 g/mol. The zero-order valence-electron chi connectivity index (χ0n) is 10.4. The Morgan fingerprint density at radius 2 is 2.26 bits per heavy atom. The summed E-state index contributed by atoms with van der Waals surface area (Å²) < 4.78 is 5.33. The summed E-state index contributed by atoms with van der Waals surface area (Å²) in [6.45, 7) is 1.98. The van der Waals surface area contributed by atoms with E-state index in [0.29, 0.717) is 5.82 Å². The summed E-state index contributed by atoms with van der Waals surface area (Å²) in [7, 11) is 1.31. The normalized spacial score (nSPS) is 11.9. The van der Waals surface area contributed by atoms with Gasteiger partial charge in [0.1, 0.15) is 5.82 Å². The molecule has 1 unspecified atom stereocenters. The van der Waals surface area contributed by atoms with E-state index in [1.807, 2.05) is 19.1 Å². The minimum atomic E-state index is -0.511. The fourth-order valence-corrected chi connectivity index (χ4v) is 2.56. The average molecular weight is 298 g/mol. The lowest BCUT2D eigenvalue weighted by molar-refractivity contribution is 0.0593. The van der Waals surface area contributed by atoms with Crippen molar-refractivity contribution in [3.8, 4) is 0 Å². The number of nitrogens with zero attached hydrogens (tertiary/aromatic N) is 2. The third-order valence-corrected chi connectivity index (χ3v) is 3.83. The van der Waals surface area contributed by atoms with Crippen molar-refractivity contribution in [2.24, 2.45) is 0 Å². The smallest absolute Gasteiger partial charge is 0.358 e. The molecule has 0 radical (unpaired) electrons. The Morgan fingerprint density at radius 3 is 2.89 bits per heavy atom. The molecule has 0 bridgehead atoms. The van der Waals surface area contributed by atoms with E-state index in [-0.39, 0.29) is 11.7 Å². The van der Waals surface area contributed by atoms with E-state index >= 15 is 0 Å². The van der Waals surface area contributed by atoms with Crippen molar-refractivity contribution in [1.29, 1.82) is 0 Å². The van der Waals surface area contributed by atoms with Crippen LogP contribution in [0, 0.1) is 0 Å². The predicted octanol–water partition coefficient (Wildman–Crippen LogP) is 3.15. The molecular weight excluding hydrogens is 286 g/mol. The van der Waals surface area contributed by atoms with E-state index in [1.165, 1.54) is 24.6 Å². The molecule has 2 aromatic heterocycles. The molecule has 0 aliphatic heterocycles. The third-order valence-electron chi connectivity index (χ3n) is 2.41. The second-order valence-electron chi connectivity index (χ2n) is 3.79. The van der Waals surface area contributed by atoms with Crippen LogP contribution in [0.4, 0.5) is 5.82 Å². The van der Waals surface area contributed by atoms with Gasteiger partial charge in [-0.25, -0.2) is 9.78 Å². The molecule has 2 heterocycles. The summed E-state index contributed by atoms with van der Waals surface area (Å²) in [6, 6.07) is 3.82. The molecule has 0 saturated carbocycles. The number of aromatic nitrogens is 2. The van der Waals surface area contributed by atoms with Crippen LogP contribution >= 0.6 is 22.9 Å². The van der Waals surface area contributed by atoms with E-state index in [9.17, 15) is 4.79 Å². The summed E-state index contributed by atoms with van der Waals surface area (Å²) in [4.78, 5) is 20.5. The minimum Gasteiger partial charge on any atom is -0.464 e. The van der Waals surface area contributed by atoms with Gasteiger partial charge in [0.15, 0.2) is 5.69 Å². The van der Waals surface area contributed by atoms with Gasteiger partial charge in [0, 0.05) is 4.88 Å². The first-order chi connectivity index (χ1) is 9.10. The number of methoxy groups -OCH3 is 1. The van der Waals surface area contributed by atoms with Gasteiger partial charge in [0.25, 0.3) is 0 Å². The van der Waals surface area contributed by atoms with Crippen molar-refractivity contribution >= 4 is 34.7 Å². The summed E-state index contributed by atoms with van der Waals surface area (Å²) in [5.41, 5.74) is 0.170. The van der Waals surface area contributed by atoms with E-state index in [1.54, 1.807) is 6.20 Å². The first kappa shape index (κ1) is 13.8. The van der Waals surface area contributed by atoms with Gasteiger partial charge < -0.3 is 10.1 Å². The Bertz CT molecular complexity index is 588. The number of nitrogens with one attached hydrogen (secondary N) is 1. The van der Waals surface area contributed by atoms with Gasteiger partial charge in [-0.2, -0.15) is 0 Å². The van der Waals surface area contributed by atoms with Gasteiger partial charge in [-0.05, 0) is 19.1 Å². The molecule has 0 aliphatic carbocycles. The molecule has 7 heteroatoms. The maximum Gasteiger partial charge on any atom is 0.358 e. The number of thiophene rings is 1. The van der Waals surface area contributed by atoms with Crippen LogP contribution in [0.5, 0.6) is 0 Å². The number of hydrogen-bond donors (Lipinski definition) is 1. The fourth-order valence-electron chi connectivity index (χ4n) is 1.49. The van der Waals surface area contributed by atoms with Gasteiger partial charge in [0.2, 0.25) is 0 Å². The first-order valence-electron chi connectivity index (χ1n) is 5.52. The molecule has 0 saturated heterocycles. The average Bonchev–Trinajstić information content (AvgIpc) is 2.85. The number of rotatable bonds is 4. The Labute approximate surface area is 119 Å². The summed E-state index contributed by atoms with van der Waals surface area (Å²) in [6.07, 6.45) is 2.92. The second kappa shape index (κ2) is 5.99. The Kier molecular flexibility index (Phi) is 4.34. The minimum absolute atomic E-state index is 0.0275. The molecular formula is C12H12ClN3O2S. The zero-order chi connectivity index (χ0) is 13.8. The zero-order valence-corrected chi connectivity index (χ0v) is 12.0. The second-order valence-corrected chi connectivity index (χ2v) is 5.54. The van der Waals surface area contributed by atoms with Crippen molar-refractivity contribution in [3.05, 3.63) is 39.4 Å². The summed E-state index contributed by atoms with van der Waals surface area (Å²) in [5.74, 6) is 0.00268. The van der Waals surface area contributed by atoms with Crippen molar-refractivity contribution in [1.82, 2.24) is 9.97 Å². The van der Waals surface area contributed by atoms with Crippen molar-refractivity contribution in [2.75, 3.05) is 12.4 Å². The summed E-state index contributed by atoms with van der Waals surface area (Å²) in [5, 5.41) is 3.16. The highest BCUT2D eigenvalue weighted by Crippen LogP contribution is 2.28. The van der Waals surface area contributed by atoms with E-state index < -0.39 is 5.97 Å². The molecule has 0 spiro atoms. The molecule has 2 aromatic rings. The predicted molar refractivity (Wildman–Crippen MR) is 74.7 cm³/mol. The van der Waals surface area contributed by atoms with Crippen LogP contribution in [0.3, 0.4) is 0 Å². The van der Waals surface area contributed by atoms with Gasteiger partial charge >= 0.3 is 5.97 Å². The molecule has 19 heavy (non-hydrogen) atoms. The van der Waals surface area contributed by atoms with Gasteiger partial charge in [-0.15, -0.1) is 11.3 Å². The molecule has 2 rings (SSSR count). The molecule has 0 aliphatic rings. The maximum atomic E-state index is 11.4. The summed E-state index contributed by atoms with van der Waals surface area (Å²) >= 11 is 7.39. The molecule has 1 atom stereocenters. The molecule has 1 N–H and O–H groups in total. The highest BCUT2D eigenvalue weighted by molar-refractivity contribution is 7.16. The largest absolute Gasteiger partial charge is 0.464 e. The molecule has 0 amide bonds. The lowest BCUT2D eigenvalue weighted by atomic mass is 10.3. The van der Waals surface area contributed by atoms with Crippen LogP contribution in [0.1, 0.15) is 28.3 Å².